The van der Waals surface area contributed by atoms with Gasteiger partial charge in [-0.05, 0) is 31.2 Å². The van der Waals surface area contributed by atoms with Crippen molar-refractivity contribution < 1.29 is 13.2 Å². The van der Waals surface area contributed by atoms with Crippen LogP contribution >= 0.6 is 15.9 Å². The maximum absolute atomic E-state index is 12.5. The molecular weight excluding hydrogens is 358 g/mol. The predicted molar refractivity (Wildman–Crippen MR) is 83.1 cm³/mol. The number of carbonyl (C=O) groups is 1. The molecule has 0 radical (unpaired) electrons. The Morgan fingerprint density at radius 2 is 1.71 bits per heavy atom. The van der Waals surface area contributed by atoms with E-state index in [1.807, 2.05) is 0 Å². The van der Waals surface area contributed by atoms with Gasteiger partial charge in [0.1, 0.15) is 0 Å². The van der Waals surface area contributed by atoms with Gasteiger partial charge < -0.3 is 10.6 Å². The summed E-state index contributed by atoms with van der Waals surface area (Å²) in [6.07, 6.45) is 0. The summed E-state index contributed by atoms with van der Waals surface area (Å²) >= 11 is 3.28. The molecule has 1 aliphatic heterocycles. The number of amides is 1. The number of piperazine rings is 1. The van der Waals surface area contributed by atoms with Crippen molar-refractivity contribution in [3.8, 4) is 0 Å². The van der Waals surface area contributed by atoms with Crippen molar-refractivity contribution in [1.82, 2.24) is 9.21 Å². The van der Waals surface area contributed by atoms with Gasteiger partial charge in [-0.1, -0.05) is 15.9 Å². The molecule has 2 N–H and O–H groups in total. The Labute approximate surface area is 133 Å². The summed E-state index contributed by atoms with van der Waals surface area (Å²) in [5, 5.41) is 0. The van der Waals surface area contributed by atoms with Gasteiger partial charge in [-0.3, -0.25) is 4.79 Å². The van der Waals surface area contributed by atoms with Crippen LogP contribution in [0.2, 0.25) is 0 Å². The summed E-state index contributed by atoms with van der Waals surface area (Å²) in [5.41, 5.74) is 5.56. The Morgan fingerprint density at radius 3 is 2.19 bits per heavy atom. The molecule has 2 rings (SSSR count). The fraction of sp³-hybridized carbons (Fsp3) is 0.462. The molecule has 1 aliphatic rings. The van der Waals surface area contributed by atoms with E-state index in [2.05, 4.69) is 15.9 Å². The van der Waals surface area contributed by atoms with Gasteiger partial charge in [0.2, 0.25) is 15.9 Å². The van der Waals surface area contributed by atoms with E-state index >= 15 is 0 Å². The van der Waals surface area contributed by atoms with Gasteiger partial charge in [0.15, 0.2) is 0 Å². The van der Waals surface area contributed by atoms with Crippen LogP contribution in [0.5, 0.6) is 0 Å². The maximum Gasteiger partial charge on any atom is 0.243 e. The minimum Gasteiger partial charge on any atom is -0.339 e. The van der Waals surface area contributed by atoms with Crippen LogP contribution in [0.4, 0.5) is 0 Å². The second-order valence-electron chi connectivity index (χ2n) is 4.97. The summed E-state index contributed by atoms with van der Waals surface area (Å²) in [6.45, 7) is 2.95. The van der Waals surface area contributed by atoms with Crippen LogP contribution in [-0.2, 0) is 14.8 Å². The summed E-state index contributed by atoms with van der Waals surface area (Å²) < 4.78 is 27.2. The van der Waals surface area contributed by atoms with Gasteiger partial charge in [-0.15, -0.1) is 0 Å². The Bertz CT molecular complexity index is 608. The number of carbonyl (C=O) groups excluding carboxylic acids is 1. The number of hydrogen-bond donors (Lipinski definition) is 1. The molecule has 0 aliphatic carbocycles. The zero-order valence-electron chi connectivity index (χ0n) is 11.7. The first kappa shape index (κ1) is 16.4. The molecule has 6 nitrogen and oxygen atoms in total. The largest absolute Gasteiger partial charge is 0.339 e. The molecule has 0 saturated carbocycles. The Kier molecular flexibility index (Phi) is 5.03. The smallest absolute Gasteiger partial charge is 0.243 e. The van der Waals surface area contributed by atoms with E-state index < -0.39 is 16.1 Å². The van der Waals surface area contributed by atoms with Crippen LogP contribution in [-0.4, -0.2) is 55.8 Å². The van der Waals surface area contributed by atoms with Crippen molar-refractivity contribution in [2.24, 2.45) is 5.73 Å². The lowest BCUT2D eigenvalue weighted by Crippen LogP contribution is -2.53. The van der Waals surface area contributed by atoms with Gasteiger partial charge in [0.05, 0.1) is 10.9 Å². The number of hydrogen-bond acceptors (Lipinski definition) is 4. The zero-order chi connectivity index (χ0) is 15.6. The fourth-order valence-corrected chi connectivity index (χ4v) is 3.88. The van der Waals surface area contributed by atoms with E-state index in [1.165, 1.54) is 4.31 Å². The van der Waals surface area contributed by atoms with Gasteiger partial charge in [0, 0.05) is 30.7 Å². The lowest BCUT2D eigenvalue weighted by molar-refractivity contribution is -0.133. The van der Waals surface area contributed by atoms with Crippen LogP contribution < -0.4 is 5.73 Å². The normalized spacial score (nSPS) is 18.5. The highest BCUT2D eigenvalue weighted by molar-refractivity contribution is 9.10. The van der Waals surface area contributed by atoms with E-state index in [9.17, 15) is 13.2 Å². The van der Waals surface area contributed by atoms with Crippen LogP contribution in [0.15, 0.2) is 33.6 Å². The molecule has 116 valence electrons. The first-order chi connectivity index (χ1) is 9.82. The maximum atomic E-state index is 12.5. The highest BCUT2D eigenvalue weighted by atomic mass is 79.9. The van der Waals surface area contributed by atoms with E-state index in [0.29, 0.717) is 13.1 Å². The standard InChI is InChI=1S/C13H18BrN3O3S/c1-10(15)13(18)16-6-8-17(9-7-16)21(19,20)12-4-2-11(14)3-5-12/h2-5,10H,6-9,15H2,1H3/t10-/m1/s1. The lowest BCUT2D eigenvalue weighted by Gasteiger charge is -2.34. The fourth-order valence-electron chi connectivity index (χ4n) is 2.19. The van der Waals surface area contributed by atoms with E-state index in [-0.39, 0.29) is 23.9 Å². The first-order valence-electron chi connectivity index (χ1n) is 6.62. The van der Waals surface area contributed by atoms with Crippen molar-refractivity contribution in [3.05, 3.63) is 28.7 Å². The minimum atomic E-state index is -3.50. The second kappa shape index (κ2) is 6.43. The third-order valence-corrected chi connectivity index (χ3v) is 5.83. The summed E-state index contributed by atoms with van der Waals surface area (Å²) in [4.78, 5) is 13.7. The number of halogens is 1. The molecule has 21 heavy (non-hydrogen) atoms. The molecule has 1 amide bonds. The van der Waals surface area contributed by atoms with E-state index in [0.717, 1.165) is 4.47 Å². The number of nitrogens with two attached hydrogens (primary N) is 1. The van der Waals surface area contributed by atoms with Crippen molar-refractivity contribution in [2.45, 2.75) is 17.9 Å². The third kappa shape index (κ3) is 3.63. The van der Waals surface area contributed by atoms with Gasteiger partial charge in [-0.25, -0.2) is 8.42 Å². The van der Waals surface area contributed by atoms with Gasteiger partial charge in [0.25, 0.3) is 0 Å². The molecule has 1 aromatic carbocycles. The second-order valence-corrected chi connectivity index (χ2v) is 7.83. The molecule has 1 aromatic rings. The van der Waals surface area contributed by atoms with Crippen LogP contribution in [0.3, 0.4) is 0 Å². The average molecular weight is 376 g/mol. The molecule has 0 spiro atoms. The predicted octanol–water partition coefficient (Wildman–Crippen LogP) is 0.629. The molecule has 1 atom stereocenters. The van der Waals surface area contributed by atoms with Crippen LogP contribution in [0, 0.1) is 0 Å². The number of benzene rings is 1. The highest BCUT2D eigenvalue weighted by Gasteiger charge is 2.30. The van der Waals surface area contributed by atoms with Crippen LogP contribution in [0.25, 0.3) is 0 Å². The Balaban J connectivity index is 2.07. The monoisotopic (exact) mass is 375 g/mol. The summed E-state index contributed by atoms with van der Waals surface area (Å²) in [6, 6.07) is 5.98. The van der Waals surface area contributed by atoms with Crippen molar-refractivity contribution in [3.63, 3.8) is 0 Å². The first-order valence-corrected chi connectivity index (χ1v) is 8.86. The minimum absolute atomic E-state index is 0.143. The molecule has 8 heteroatoms. The molecule has 0 aromatic heterocycles. The molecule has 0 bridgehead atoms. The average Bonchev–Trinajstić information content (AvgIpc) is 2.47. The molecule has 0 unspecified atom stereocenters. The molecule has 1 fully saturated rings. The summed E-state index contributed by atoms with van der Waals surface area (Å²) in [5.74, 6) is -0.143. The van der Waals surface area contributed by atoms with Crippen LogP contribution in [0.1, 0.15) is 6.92 Å². The Hall–Kier alpha value is -0.960. The van der Waals surface area contributed by atoms with Crippen molar-refractivity contribution in [1.29, 1.82) is 0 Å². The van der Waals surface area contributed by atoms with Gasteiger partial charge in [-0.2, -0.15) is 4.31 Å². The number of nitrogens with zero attached hydrogens (tertiary/aromatic N) is 2. The number of rotatable bonds is 3. The molecular formula is C13H18BrN3O3S. The molecule has 1 saturated heterocycles. The topological polar surface area (TPSA) is 83.7 Å². The quantitative estimate of drug-likeness (QED) is 0.839. The Morgan fingerprint density at radius 1 is 1.19 bits per heavy atom. The van der Waals surface area contributed by atoms with E-state index in [1.54, 1.807) is 36.1 Å². The summed E-state index contributed by atoms with van der Waals surface area (Å²) in [7, 11) is -3.50. The lowest BCUT2D eigenvalue weighted by atomic mass is 10.2. The number of sulfonamides is 1. The van der Waals surface area contributed by atoms with E-state index in [4.69, 9.17) is 5.73 Å². The third-order valence-electron chi connectivity index (χ3n) is 3.39. The highest BCUT2D eigenvalue weighted by Crippen LogP contribution is 2.20. The zero-order valence-corrected chi connectivity index (χ0v) is 14.1. The van der Waals surface area contributed by atoms with Gasteiger partial charge >= 0.3 is 0 Å². The molecule has 1 heterocycles. The van der Waals surface area contributed by atoms with Crippen molar-refractivity contribution in [2.75, 3.05) is 26.2 Å². The van der Waals surface area contributed by atoms with Crippen molar-refractivity contribution >= 4 is 31.9 Å². The SMILES string of the molecule is C[C@@H](N)C(=O)N1CCN(S(=O)(=O)c2ccc(Br)cc2)CC1.